The summed E-state index contributed by atoms with van der Waals surface area (Å²) < 4.78 is 14.5. The first-order valence-corrected chi connectivity index (χ1v) is 6.99. The van der Waals surface area contributed by atoms with Gasteiger partial charge in [0.05, 0.1) is 19.8 Å². The van der Waals surface area contributed by atoms with Gasteiger partial charge in [0.1, 0.15) is 0 Å². The Kier molecular flexibility index (Phi) is 10.4. The molecule has 0 saturated carbocycles. The monoisotopic (exact) mass is 288 g/mol. The maximum atomic E-state index is 11.7. The quantitative estimate of drug-likeness (QED) is 0.264. The fourth-order valence-corrected chi connectivity index (χ4v) is 1.66. The molecule has 0 N–H and O–H groups in total. The fraction of sp³-hybridized carbons (Fsp3) is 0.786. The maximum absolute atomic E-state index is 11.7. The first-order valence-electron chi connectivity index (χ1n) is 6.99. The molecule has 0 rings (SSSR count). The van der Waals surface area contributed by atoms with E-state index in [1.54, 1.807) is 13.8 Å². The van der Waals surface area contributed by atoms with Crippen molar-refractivity contribution in [2.24, 2.45) is 5.92 Å². The Morgan fingerprint density at radius 2 is 1.40 bits per heavy atom. The van der Waals surface area contributed by atoms with Crippen LogP contribution in [0.4, 0.5) is 0 Å². The van der Waals surface area contributed by atoms with Crippen molar-refractivity contribution in [2.75, 3.05) is 19.8 Å². The lowest BCUT2D eigenvalue weighted by Gasteiger charge is -2.14. The van der Waals surface area contributed by atoms with Crippen LogP contribution in [0.15, 0.2) is 0 Å². The largest absolute Gasteiger partial charge is 0.466 e. The summed E-state index contributed by atoms with van der Waals surface area (Å²) in [7, 11) is 0. The summed E-state index contributed by atoms with van der Waals surface area (Å²) in [5.41, 5.74) is 0. The lowest BCUT2D eigenvalue weighted by molar-refractivity contribution is -0.162. The number of hydrogen-bond acceptors (Lipinski definition) is 6. The minimum Gasteiger partial charge on any atom is -0.466 e. The van der Waals surface area contributed by atoms with E-state index in [4.69, 9.17) is 14.2 Å². The summed E-state index contributed by atoms with van der Waals surface area (Å²) in [5, 5.41) is 0. The Morgan fingerprint density at radius 1 is 0.850 bits per heavy atom. The molecule has 0 saturated heterocycles. The zero-order valence-corrected chi connectivity index (χ0v) is 12.5. The molecule has 0 unspecified atom stereocenters. The zero-order valence-electron chi connectivity index (χ0n) is 12.5. The SMILES string of the molecule is CCOC(=O)C(CCCCCOC(C)=O)C(=O)OCC. The Morgan fingerprint density at radius 3 is 1.85 bits per heavy atom. The molecular weight excluding hydrogens is 264 g/mol. The van der Waals surface area contributed by atoms with Gasteiger partial charge in [-0.25, -0.2) is 0 Å². The van der Waals surface area contributed by atoms with Gasteiger partial charge in [-0.05, 0) is 26.7 Å². The lowest BCUT2D eigenvalue weighted by Crippen LogP contribution is -2.28. The number of esters is 3. The first-order chi connectivity index (χ1) is 9.52. The highest BCUT2D eigenvalue weighted by Gasteiger charge is 2.28. The molecule has 6 heteroatoms. The molecule has 0 aliphatic carbocycles. The van der Waals surface area contributed by atoms with E-state index in [9.17, 15) is 14.4 Å². The van der Waals surface area contributed by atoms with Gasteiger partial charge in [0, 0.05) is 6.92 Å². The Hall–Kier alpha value is -1.59. The van der Waals surface area contributed by atoms with Crippen molar-refractivity contribution in [2.45, 2.75) is 46.5 Å². The summed E-state index contributed by atoms with van der Waals surface area (Å²) >= 11 is 0. The summed E-state index contributed by atoms with van der Waals surface area (Å²) in [5.74, 6) is -2.23. The average molecular weight is 288 g/mol. The van der Waals surface area contributed by atoms with Crippen LogP contribution in [0.2, 0.25) is 0 Å². The van der Waals surface area contributed by atoms with Crippen LogP contribution in [-0.2, 0) is 28.6 Å². The van der Waals surface area contributed by atoms with E-state index < -0.39 is 17.9 Å². The highest BCUT2D eigenvalue weighted by molar-refractivity contribution is 5.94. The summed E-state index contributed by atoms with van der Waals surface area (Å²) in [6, 6.07) is 0. The summed E-state index contributed by atoms with van der Waals surface area (Å²) in [4.78, 5) is 33.9. The van der Waals surface area contributed by atoms with Crippen LogP contribution in [-0.4, -0.2) is 37.7 Å². The van der Waals surface area contributed by atoms with Crippen molar-refractivity contribution < 1.29 is 28.6 Å². The minimum absolute atomic E-state index is 0.237. The second-order valence-electron chi connectivity index (χ2n) is 4.25. The number of carbonyl (C=O) groups excluding carboxylic acids is 3. The van der Waals surface area contributed by atoms with Crippen LogP contribution in [0.25, 0.3) is 0 Å². The second-order valence-corrected chi connectivity index (χ2v) is 4.25. The maximum Gasteiger partial charge on any atom is 0.320 e. The second kappa shape index (κ2) is 11.3. The van der Waals surface area contributed by atoms with Gasteiger partial charge in [-0.1, -0.05) is 12.8 Å². The topological polar surface area (TPSA) is 78.9 Å². The van der Waals surface area contributed by atoms with Crippen molar-refractivity contribution in [1.29, 1.82) is 0 Å². The van der Waals surface area contributed by atoms with Crippen LogP contribution in [0.1, 0.15) is 46.5 Å². The molecule has 116 valence electrons. The van der Waals surface area contributed by atoms with Crippen LogP contribution >= 0.6 is 0 Å². The van der Waals surface area contributed by atoms with E-state index in [2.05, 4.69) is 0 Å². The van der Waals surface area contributed by atoms with Gasteiger partial charge < -0.3 is 14.2 Å². The molecular formula is C14H24O6. The minimum atomic E-state index is -0.858. The molecule has 6 nitrogen and oxygen atoms in total. The molecule has 0 heterocycles. The molecule has 0 radical (unpaired) electrons. The molecule has 20 heavy (non-hydrogen) atoms. The van der Waals surface area contributed by atoms with Crippen LogP contribution in [0.5, 0.6) is 0 Å². The van der Waals surface area contributed by atoms with Gasteiger partial charge in [0.15, 0.2) is 5.92 Å². The van der Waals surface area contributed by atoms with E-state index >= 15 is 0 Å². The molecule has 0 bridgehead atoms. The van der Waals surface area contributed by atoms with E-state index in [1.807, 2.05) is 0 Å². The average Bonchev–Trinajstić information content (AvgIpc) is 2.37. The third-order valence-electron chi connectivity index (χ3n) is 2.58. The van der Waals surface area contributed by atoms with Gasteiger partial charge in [-0.2, -0.15) is 0 Å². The fourth-order valence-electron chi connectivity index (χ4n) is 1.66. The van der Waals surface area contributed by atoms with Crippen molar-refractivity contribution >= 4 is 17.9 Å². The van der Waals surface area contributed by atoms with Crippen molar-refractivity contribution in [1.82, 2.24) is 0 Å². The highest BCUT2D eigenvalue weighted by Crippen LogP contribution is 2.14. The van der Waals surface area contributed by atoms with E-state index in [-0.39, 0.29) is 19.2 Å². The number of carbonyl (C=O) groups is 3. The van der Waals surface area contributed by atoms with Gasteiger partial charge in [-0.15, -0.1) is 0 Å². The third kappa shape index (κ3) is 8.50. The van der Waals surface area contributed by atoms with Gasteiger partial charge in [-0.3, -0.25) is 14.4 Å². The number of rotatable bonds is 10. The van der Waals surface area contributed by atoms with E-state index in [0.717, 1.165) is 6.42 Å². The smallest absolute Gasteiger partial charge is 0.320 e. The number of ether oxygens (including phenoxy) is 3. The Balaban J connectivity index is 4.06. The zero-order chi connectivity index (χ0) is 15.4. The molecule has 0 aromatic heterocycles. The summed E-state index contributed by atoms with van der Waals surface area (Å²) in [6.45, 7) is 5.58. The van der Waals surface area contributed by atoms with Gasteiger partial charge >= 0.3 is 17.9 Å². The summed E-state index contributed by atoms with van der Waals surface area (Å²) in [6.07, 6.45) is 2.53. The number of unbranched alkanes of at least 4 members (excludes halogenated alkanes) is 2. The van der Waals surface area contributed by atoms with Gasteiger partial charge in [0.2, 0.25) is 0 Å². The Bertz CT molecular complexity index is 295. The molecule has 0 aliphatic heterocycles. The van der Waals surface area contributed by atoms with Crippen molar-refractivity contribution in [3.8, 4) is 0 Å². The number of hydrogen-bond donors (Lipinski definition) is 0. The standard InChI is InChI=1S/C14H24O6/c1-4-18-13(16)12(14(17)19-5-2)9-7-6-8-10-20-11(3)15/h12H,4-10H2,1-3H3. The first kappa shape index (κ1) is 18.4. The predicted octanol–water partition coefficient (Wildman–Crippen LogP) is 1.85. The van der Waals surface area contributed by atoms with Crippen LogP contribution < -0.4 is 0 Å². The van der Waals surface area contributed by atoms with Crippen molar-refractivity contribution in [3.63, 3.8) is 0 Å². The molecule has 0 aromatic carbocycles. The molecule has 0 aliphatic rings. The molecule has 0 atom stereocenters. The van der Waals surface area contributed by atoms with Crippen molar-refractivity contribution in [3.05, 3.63) is 0 Å². The lowest BCUT2D eigenvalue weighted by atomic mass is 10.0. The predicted molar refractivity (Wildman–Crippen MR) is 71.9 cm³/mol. The van der Waals surface area contributed by atoms with Crippen LogP contribution in [0.3, 0.4) is 0 Å². The molecule has 0 amide bonds. The van der Waals surface area contributed by atoms with E-state index in [0.29, 0.717) is 25.9 Å². The van der Waals surface area contributed by atoms with Crippen LogP contribution in [0, 0.1) is 5.92 Å². The van der Waals surface area contributed by atoms with E-state index in [1.165, 1.54) is 6.92 Å². The van der Waals surface area contributed by atoms with Gasteiger partial charge in [0.25, 0.3) is 0 Å². The molecule has 0 aromatic rings. The molecule has 0 fully saturated rings. The Labute approximate surface area is 119 Å². The third-order valence-corrected chi connectivity index (χ3v) is 2.58. The highest BCUT2D eigenvalue weighted by atomic mass is 16.6. The molecule has 0 spiro atoms. The normalized spacial score (nSPS) is 10.2.